The average Bonchev–Trinajstić information content (AvgIpc) is 3.25. The van der Waals surface area contributed by atoms with Crippen LogP contribution in [0, 0.1) is 11.6 Å². The summed E-state index contributed by atoms with van der Waals surface area (Å²) in [6, 6.07) is 4.82. The summed E-state index contributed by atoms with van der Waals surface area (Å²) in [5, 5.41) is 6.65. The largest absolute Gasteiger partial charge is 0.355 e. The monoisotopic (exact) mass is 349 g/mol. The minimum absolute atomic E-state index is 0.0255. The van der Waals surface area contributed by atoms with Crippen molar-refractivity contribution in [1.82, 2.24) is 15.4 Å². The fourth-order valence-electron chi connectivity index (χ4n) is 3.32. The number of nitrogens with one attached hydrogen (secondary N) is 1. The molecule has 0 spiro atoms. The van der Waals surface area contributed by atoms with E-state index in [0.717, 1.165) is 37.8 Å². The van der Waals surface area contributed by atoms with Gasteiger partial charge in [0.05, 0.1) is 0 Å². The molecule has 1 amide bonds. The SMILES string of the molecule is CN(C)C1(CNC(=O)c2cc(-c3ccc(F)c(F)c3)on2)CCCC1. The topological polar surface area (TPSA) is 58.4 Å². The molecule has 5 nitrogen and oxygen atoms in total. The van der Waals surface area contributed by atoms with E-state index in [2.05, 4.69) is 15.4 Å². The summed E-state index contributed by atoms with van der Waals surface area (Å²) in [5.41, 5.74) is 0.417. The number of benzene rings is 1. The van der Waals surface area contributed by atoms with Crippen molar-refractivity contribution in [1.29, 1.82) is 0 Å². The van der Waals surface area contributed by atoms with Crippen molar-refractivity contribution >= 4 is 5.91 Å². The third-order valence-electron chi connectivity index (χ3n) is 5.01. The molecule has 0 radical (unpaired) electrons. The van der Waals surface area contributed by atoms with E-state index >= 15 is 0 Å². The van der Waals surface area contributed by atoms with Crippen LogP contribution in [0.3, 0.4) is 0 Å². The van der Waals surface area contributed by atoms with Gasteiger partial charge in [-0.1, -0.05) is 18.0 Å². The minimum Gasteiger partial charge on any atom is -0.355 e. The number of carbonyl (C=O) groups is 1. The van der Waals surface area contributed by atoms with Gasteiger partial charge in [-0.05, 0) is 45.1 Å². The molecular formula is C18H21F2N3O2. The van der Waals surface area contributed by atoms with Crippen molar-refractivity contribution < 1.29 is 18.1 Å². The summed E-state index contributed by atoms with van der Waals surface area (Å²) in [4.78, 5) is 14.5. The van der Waals surface area contributed by atoms with Gasteiger partial charge in [0.15, 0.2) is 23.1 Å². The van der Waals surface area contributed by atoms with Crippen LogP contribution in [0.5, 0.6) is 0 Å². The zero-order valence-corrected chi connectivity index (χ0v) is 14.3. The van der Waals surface area contributed by atoms with Crippen LogP contribution in [0.15, 0.2) is 28.8 Å². The minimum atomic E-state index is -0.978. The Morgan fingerprint density at radius 3 is 2.60 bits per heavy atom. The smallest absolute Gasteiger partial charge is 0.273 e. The molecular weight excluding hydrogens is 328 g/mol. The maximum absolute atomic E-state index is 13.3. The second kappa shape index (κ2) is 6.92. The fraction of sp³-hybridized carbons (Fsp3) is 0.444. The normalized spacial score (nSPS) is 16.4. The van der Waals surface area contributed by atoms with E-state index in [1.165, 1.54) is 12.1 Å². The molecule has 1 heterocycles. The van der Waals surface area contributed by atoms with Gasteiger partial charge >= 0.3 is 0 Å². The van der Waals surface area contributed by atoms with Gasteiger partial charge in [-0.25, -0.2) is 8.78 Å². The second-order valence-electron chi connectivity index (χ2n) is 6.71. The molecule has 0 atom stereocenters. The van der Waals surface area contributed by atoms with Crippen LogP contribution in [0.2, 0.25) is 0 Å². The molecule has 0 bridgehead atoms. The van der Waals surface area contributed by atoms with Gasteiger partial charge in [0.25, 0.3) is 5.91 Å². The van der Waals surface area contributed by atoms with Crippen LogP contribution < -0.4 is 5.32 Å². The van der Waals surface area contributed by atoms with E-state index in [0.29, 0.717) is 12.1 Å². The van der Waals surface area contributed by atoms with Gasteiger partial charge in [-0.3, -0.25) is 4.79 Å². The van der Waals surface area contributed by atoms with Gasteiger partial charge in [0.2, 0.25) is 0 Å². The number of hydrogen-bond donors (Lipinski definition) is 1. The molecule has 7 heteroatoms. The number of halogens is 2. The number of hydrogen-bond acceptors (Lipinski definition) is 4. The van der Waals surface area contributed by atoms with Crippen LogP contribution in [0.4, 0.5) is 8.78 Å². The van der Waals surface area contributed by atoms with Crippen LogP contribution >= 0.6 is 0 Å². The Morgan fingerprint density at radius 2 is 1.96 bits per heavy atom. The summed E-state index contributed by atoms with van der Waals surface area (Å²) in [7, 11) is 4.05. The highest BCUT2D eigenvalue weighted by molar-refractivity contribution is 5.93. The van der Waals surface area contributed by atoms with Gasteiger partial charge in [0.1, 0.15) is 0 Å². The van der Waals surface area contributed by atoms with Crippen LogP contribution in [0.1, 0.15) is 36.2 Å². The van der Waals surface area contributed by atoms with E-state index in [1.807, 2.05) is 14.1 Å². The lowest BCUT2D eigenvalue weighted by atomic mass is 9.96. The van der Waals surface area contributed by atoms with Crippen molar-refractivity contribution in [2.75, 3.05) is 20.6 Å². The molecule has 0 saturated heterocycles. The standard InChI is InChI=1S/C18H21F2N3O2/c1-23(2)18(7-3-4-8-18)11-21-17(24)15-10-16(25-22-15)12-5-6-13(19)14(20)9-12/h5-6,9-10H,3-4,7-8,11H2,1-2H3,(H,21,24). The average molecular weight is 349 g/mol. The highest BCUT2D eigenvalue weighted by atomic mass is 19.2. The molecule has 1 aromatic heterocycles. The number of nitrogens with zero attached hydrogens (tertiary/aromatic N) is 2. The molecule has 0 aliphatic heterocycles. The number of likely N-dealkylation sites (N-methyl/N-ethyl adjacent to an activating group) is 1. The quantitative estimate of drug-likeness (QED) is 0.900. The molecule has 3 rings (SSSR count). The molecule has 1 fully saturated rings. The summed E-state index contributed by atoms with van der Waals surface area (Å²) in [6.07, 6.45) is 4.38. The van der Waals surface area contributed by atoms with Crippen molar-refractivity contribution in [2.24, 2.45) is 0 Å². The number of aromatic nitrogens is 1. The Morgan fingerprint density at radius 1 is 1.24 bits per heavy atom. The maximum Gasteiger partial charge on any atom is 0.273 e. The third-order valence-corrected chi connectivity index (χ3v) is 5.01. The zero-order valence-electron chi connectivity index (χ0n) is 14.3. The summed E-state index contributed by atoms with van der Waals surface area (Å²) in [6.45, 7) is 0.534. The predicted octanol–water partition coefficient (Wildman–Crippen LogP) is 3.22. The molecule has 25 heavy (non-hydrogen) atoms. The Balaban J connectivity index is 1.69. The Bertz CT molecular complexity index is 767. The van der Waals surface area contributed by atoms with Gasteiger partial charge < -0.3 is 14.7 Å². The highest BCUT2D eigenvalue weighted by Gasteiger charge is 2.36. The molecule has 1 aliphatic carbocycles. The molecule has 2 aromatic rings. The van der Waals surface area contributed by atoms with Gasteiger partial charge in [-0.2, -0.15) is 0 Å². The van der Waals surface area contributed by atoms with Crippen molar-refractivity contribution in [2.45, 2.75) is 31.2 Å². The van der Waals surface area contributed by atoms with Crippen LogP contribution in [0.25, 0.3) is 11.3 Å². The van der Waals surface area contributed by atoms with E-state index < -0.39 is 11.6 Å². The Labute approximate surface area is 145 Å². The van der Waals surface area contributed by atoms with Crippen LogP contribution in [-0.2, 0) is 0 Å². The molecule has 1 aliphatic rings. The first-order valence-electron chi connectivity index (χ1n) is 8.29. The van der Waals surface area contributed by atoms with Crippen molar-refractivity contribution in [3.8, 4) is 11.3 Å². The van der Waals surface area contributed by atoms with E-state index in [1.54, 1.807) is 0 Å². The lowest BCUT2D eigenvalue weighted by Gasteiger charge is -2.36. The fourth-order valence-corrected chi connectivity index (χ4v) is 3.32. The van der Waals surface area contributed by atoms with E-state index in [9.17, 15) is 13.6 Å². The lowest BCUT2D eigenvalue weighted by Crippen LogP contribution is -2.50. The number of rotatable bonds is 5. The summed E-state index contributed by atoms with van der Waals surface area (Å²) in [5.74, 6) is -2.04. The highest BCUT2D eigenvalue weighted by Crippen LogP contribution is 2.33. The summed E-state index contributed by atoms with van der Waals surface area (Å²) < 4.78 is 31.4. The van der Waals surface area contributed by atoms with Crippen LogP contribution in [-0.4, -0.2) is 42.1 Å². The van der Waals surface area contributed by atoms with Crippen molar-refractivity contribution in [3.05, 3.63) is 41.6 Å². The molecule has 0 unspecified atom stereocenters. The third kappa shape index (κ3) is 3.56. The Hall–Kier alpha value is -2.28. The van der Waals surface area contributed by atoms with E-state index in [-0.39, 0.29) is 22.9 Å². The number of carbonyl (C=O) groups excluding carboxylic acids is 1. The Kier molecular flexibility index (Phi) is 4.85. The van der Waals surface area contributed by atoms with Crippen molar-refractivity contribution in [3.63, 3.8) is 0 Å². The maximum atomic E-state index is 13.3. The zero-order chi connectivity index (χ0) is 18.0. The first kappa shape index (κ1) is 17.5. The first-order chi connectivity index (χ1) is 11.9. The second-order valence-corrected chi connectivity index (χ2v) is 6.71. The molecule has 1 saturated carbocycles. The predicted molar refractivity (Wildman–Crippen MR) is 89.1 cm³/mol. The summed E-state index contributed by atoms with van der Waals surface area (Å²) >= 11 is 0. The lowest BCUT2D eigenvalue weighted by molar-refractivity contribution is 0.0891. The first-order valence-corrected chi connectivity index (χ1v) is 8.29. The van der Waals surface area contributed by atoms with E-state index in [4.69, 9.17) is 4.52 Å². The molecule has 1 N–H and O–H groups in total. The van der Waals surface area contributed by atoms with Gasteiger partial charge in [-0.15, -0.1) is 0 Å². The number of amides is 1. The molecule has 1 aromatic carbocycles. The molecule has 134 valence electrons. The van der Waals surface area contributed by atoms with Gasteiger partial charge in [0, 0.05) is 23.7 Å².